The van der Waals surface area contributed by atoms with Crippen LogP contribution in [0.15, 0.2) is 35.1 Å². The predicted octanol–water partition coefficient (Wildman–Crippen LogP) is 3.04. The van der Waals surface area contributed by atoms with Gasteiger partial charge in [-0.15, -0.1) is 0 Å². The van der Waals surface area contributed by atoms with Crippen LogP contribution >= 0.6 is 22.6 Å². The first kappa shape index (κ1) is 11.7. The summed E-state index contributed by atoms with van der Waals surface area (Å²) in [6, 6.07) is 9.00. The largest absolute Gasteiger partial charge is 0.439 e. The molecule has 0 unspecified atom stereocenters. The van der Waals surface area contributed by atoms with Gasteiger partial charge in [-0.1, -0.05) is 0 Å². The van der Waals surface area contributed by atoms with E-state index < -0.39 is 0 Å². The Morgan fingerprint density at radius 3 is 2.67 bits per heavy atom. The molecule has 0 spiro atoms. The highest BCUT2D eigenvalue weighted by Gasteiger charge is 2.26. The highest BCUT2D eigenvalue weighted by molar-refractivity contribution is 14.1. The fraction of sp³-hybridized carbons (Fsp3) is 0.231. The second-order valence-corrected chi connectivity index (χ2v) is 5.54. The van der Waals surface area contributed by atoms with E-state index in [1.54, 1.807) is 0 Å². The number of hydrogen-bond acceptors (Lipinski definition) is 3. The summed E-state index contributed by atoms with van der Waals surface area (Å²) in [6.45, 7) is 0. The third-order valence-electron chi connectivity index (χ3n) is 2.74. The van der Waals surface area contributed by atoms with Crippen molar-refractivity contribution in [2.75, 3.05) is 0 Å². The van der Waals surface area contributed by atoms with Crippen molar-refractivity contribution in [3.05, 3.63) is 50.1 Å². The number of nitrogens with one attached hydrogen (secondary N) is 1. The Labute approximate surface area is 118 Å². The van der Waals surface area contributed by atoms with Crippen molar-refractivity contribution in [2.45, 2.75) is 18.8 Å². The van der Waals surface area contributed by atoms with E-state index in [4.69, 9.17) is 4.74 Å². The van der Waals surface area contributed by atoms with Gasteiger partial charge in [-0.05, 0) is 59.7 Å². The molecule has 1 N–H and O–H groups in total. The zero-order valence-electron chi connectivity index (χ0n) is 9.52. The van der Waals surface area contributed by atoms with Crippen LogP contribution in [0.5, 0.6) is 11.6 Å². The van der Waals surface area contributed by atoms with Gasteiger partial charge in [-0.3, -0.25) is 4.79 Å². The van der Waals surface area contributed by atoms with Crippen molar-refractivity contribution in [2.24, 2.45) is 0 Å². The van der Waals surface area contributed by atoms with Crippen LogP contribution in [-0.2, 0) is 0 Å². The molecule has 2 aromatic rings. The first-order valence-corrected chi connectivity index (χ1v) is 6.83. The summed E-state index contributed by atoms with van der Waals surface area (Å²) < 4.78 is 6.73. The third-order valence-corrected chi connectivity index (χ3v) is 3.46. The van der Waals surface area contributed by atoms with Crippen LogP contribution in [0.3, 0.4) is 0 Å². The van der Waals surface area contributed by atoms with Crippen LogP contribution in [0.2, 0.25) is 0 Å². The number of aromatic nitrogens is 2. The second-order valence-electron chi connectivity index (χ2n) is 4.30. The monoisotopic (exact) mass is 354 g/mol. The number of rotatable bonds is 3. The molecule has 1 heterocycles. The van der Waals surface area contributed by atoms with Crippen LogP contribution in [0.1, 0.15) is 24.6 Å². The molecule has 1 aliphatic rings. The molecule has 1 fully saturated rings. The number of H-pyrrole nitrogens is 1. The molecule has 0 saturated heterocycles. The van der Waals surface area contributed by atoms with Gasteiger partial charge in [0.2, 0.25) is 5.88 Å². The lowest BCUT2D eigenvalue weighted by Gasteiger charge is -2.05. The van der Waals surface area contributed by atoms with Crippen molar-refractivity contribution in [3.63, 3.8) is 0 Å². The van der Waals surface area contributed by atoms with E-state index in [1.807, 2.05) is 24.3 Å². The van der Waals surface area contributed by atoms with E-state index in [-0.39, 0.29) is 5.56 Å². The average Bonchev–Trinajstić information content (AvgIpc) is 3.15. The van der Waals surface area contributed by atoms with Crippen molar-refractivity contribution < 1.29 is 4.74 Å². The maximum absolute atomic E-state index is 11.5. The third kappa shape index (κ3) is 2.72. The van der Waals surface area contributed by atoms with Crippen LogP contribution in [0.25, 0.3) is 0 Å². The number of nitrogens with zero attached hydrogens (tertiary/aromatic N) is 1. The van der Waals surface area contributed by atoms with Gasteiger partial charge in [0.1, 0.15) is 11.6 Å². The molecule has 3 rings (SSSR count). The number of halogens is 1. The van der Waals surface area contributed by atoms with Gasteiger partial charge in [0.15, 0.2) is 0 Å². The smallest absolute Gasteiger partial charge is 0.254 e. The normalized spacial score (nSPS) is 14.5. The van der Waals surface area contributed by atoms with E-state index in [9.17, 15) is 4.79 Å². The first-order valence-electron chi connectivity index (χ1n) is 5.75. The molecule has 1 aromatic heterocycles. The summed E-state index contributed by atoms with van der Waals surface area (Å²) in [7, 11) is 0. The molecule has 1 saturated carbocycles. The van der Waals surface area contributed by atoms with Crippen LogP contribution in [0, 0.1) is 3.57 Å². The van der Waals surface area contributed by atoms with Crippen molar-refractivity contribution in [1.82, 2.24) is 9.97 Å². The standard InChI is InChI=1S/C13H11IN2O2/c14-9-3-5-10(6-4-9)18-12-7-11(17)15-13(16-12)8-1-2-8/h3-8H,1-2H2,(H,15,16,17). The molecule has 92 valence electrons. The summed E-state index contributed by atoms with van der Waals surface area (Å²) in [5.41, 5.74) is -0.160. The topological polar surface area (TPSA) is 55.0 Å². The predicted molar refractivity (Wildman–Crippen MR) is 76.1 cm³/mol. The first-order chi connectivity index (χ1) is 8.70. The van der Waals surface area contributed by atoms with Crippen molar-refractivity contribution >= 4 is 22.6 Å². The van der Waals surface area contributed by atoms with Gasteiger partial charge in [-0.2, -0.15) is 4.98 Å². The SMILES string of the molecule is O=c1cc(Oc2ccc(I)cc2)nc(C2CC2)[nH]1. The number of aromatic amines is 1. The lowest BCUT2D eigenvalue weighted by Crippen LogP contribution is -2.10. The number of hydrogen-bond donors (Lipinski definition) is 1. The second kappa shape index (κ2) is 4.72. The average molecular weight is 354 g/mol. The van der Waals surface area contributed by atoms with E-state index in [0.717, 1.165) is 22.2 Å². The van der Waals surface area contributed by atoms with Gasteiger partial charge in [0, 0.05) is 9.49 Å². The molecule has 18 heavy (non-hydrogen) atoms. The minimum atomic E-state index is -0.160. The van der Waals surface area contributed by atoms with E-state index in [0.29, 0.717) is 17.5 Å². The molecule has 1 aliphatic carbocycles. The summed E-state index contributed by atoms with van der Waals surface area (Å²) in [5, 5.41) is 0. The lowest BCUT2D eigenvalue weighted by molar-refractivity contribution is 0.457. The Morgan fingerprint density at radius 1 is 1.28 bits per heavy atom. The fourth-order valence-electron chi connectivity index (χ4n) is 1.68. The molecule has 4 nitrogen and oxygen atoms in total. The van der Waals surface area contributed by atoms with Gasteiger partial charge >= 0.3 is 0 Å². The molecule has 0 radical (unpaired) electrons. The zero-order chi connectivity index (χ0) is 12.5. The minimum Gasteiger partial charge on any atom is -0.439 e. The maximum atomic E-state index is 11.5. The quantitative estimate of drug-likeness (QED) is 0.862. The van der Waals surface area contributed by atoms with E-state index in [1.165, 1.54) is 6.07 Å². The Kier molecular flexibility index (Phi) is 3.07. The minimum absolute atomic E-state index is 0.160. The van der Waals surface area contributed by atoms with Gasteiger partial charge in [-0.25, -0.2) is 0 Å². The zero-order valence-corrected chi connectivity index (χ0v) is 11.7. The van der Waals surface area contributed by atoms with Gasteiger partial charge < -0.3 is 9.72 Å². The molecular formula is C13H11IN2O2. The maximum Gasteiger partial charge on any atom is 0.254 e. The van der Waals surface area contributed by atoms with E-state index >= 15 is 0 Å². The summed E-state index contributed by atoms with van der Waals surface area (Å²) >= 11 is 2.23. The van der Waals surface area contributed by atoms with E-state index in [2.05, 4.69) is 32.6 Å². The molecule has 0 aliphatic heterocycles. The molecule has 0 amide bonds. The highest BCUT2D eigenvalue weighted by Crippen LogP contribution is 2.38. The summed E-state index contributed by atoms with van der Waals surface area (Å²) in [5.74, 6) is 2.19. The Bertz CT molecular complexity index is 618. The molecular weight excluding hydrogens is 343 g/mol. The van der Waals surface area contributed by atoms with Crippen molar-refractivity contribution in [1.29, 1.82) is 0 Å². The summed E-state index contributed by atoms with van der Waals surface area (Å²) in [6.07, 6.45) is 2.19. The Hall–Kier alpha value is -1.37. The van der Waals surface area contributed by atoms with Gasteiger partial charge in [0.05, 0.1) is 6.07 Å². The highest BCUT2D eigenvalue weighted by atomic mass is 127. The number of ether oxygens (including phenoxy) is 1. The molecule has 0 bridgehead atoms. The Balaban J connectivity index is 1.87. The van der Waals surface area contributed by atoms with Crippen LogP contribution in [-0.4, -0.2) is 9.97 Å². The van der Waals surface area contributed by atoms with Crippen molar-refractivity contribution in [3.8, 4) is 11.6 Å². The van der Waals surface area contributed by atoms with Crippen LogP contribution in [0.4, 0.5) is 0 Å². The number of benzene rings is 1. The molecule has 5 heteroatoms. The molecule has 1 aromatic carbocycles. The summed E-state index contributed by atoms with van der Waals surface area (Å²) in [4.78, 5) is 18.6. The lowest BCUT2D eigenvalue weighted by atomic mass is 10.3. The van der Waals surface area contributed by atoms with Gasteiger partial charge in [0.25, 0.3) is 5.56 Å². The Morgan fingerprint density at radius 2 is 2.00 bits per heavy atom. The fourth-order valence-corrected chi connectivity index (χ4v) is 2.04. The van der Waals surface area contributed by atoms with Crippen LogP contribution < -0.4 is 10.3 Å². The molecule has 0 atom stereocenters.